The van der Waals surface area contributed by atoms with Gasteiger partial charge in [-0.05, 0) is 48.9 Å². The van der Waals surface area contributed by atoms with E-state index in [2.05, 4.69) is 30.3 Å². The van der Waals surface area contributed by atoms with Crippen molar-refractivity contribution in [1.82, 2.24) is 25.2 Å². The third kappa shape index (κ3) is 6.93. The number of ether oxygens (including phenoxy) is 2. The molecule has 2 amide bonds. The van der Waals surface area contributed by atoms with Gasteiger partial charge in [0.05, 0.1) is 65.2 Å². The first-order valence-electron chi connectivity index (χ1n) is 13.8. The second-order valence-corrected chi connectivity index (χ2v) is 11.4. The lowest BCUT2D eigenvalue weighted by molar-refractivity contribution is 0.0564. The largest absolute Gasteiger partial charge is 0.492 e. The third-order valence-corrected chi connectivity index (χ3v) is 8.10. The number of anilines is 2. The molecule has 4 aromatic rings. The van der Waals surface area contributed by atoms with Gasteiger partial charge in [-0.15, -0.1) is 0 Å². The van der Waals surface area contributed by atoms with Crippen molar-refractivity contribution in [3.63, 3.8) is 0 Å². The van der Waals surface area contributed by atoms with Crippen LogP contribution in [0.3, 0.4) is 0 Å². The van der Waals surface area contributed by atoms with Gasteiger partial charge in [0.1, 0.15) is 5.75 Å². The summed E-state index contributed by atoms with van der Waals surface area (Å²) in [5.41, 5.74) is 4.28. The van der Waals surface area contributed by atoms with Crippen molar-refractivity contribution in [2.45, 2.75) is 11.8 Å². The first-order valence-corrected chi connectivity index (χ1v) is 15.3. The number of aromatic nitrogens is 3. The van der Waals surface area contributed by atoms with E-state index in [1.165, 1.54) is 30.6 Å². The Morgan fingerprint density at radius 2 is 1.89 bits per heavy atom. The molecule has 0 radical (unpaired) electrons. The van der Waals surface area contributed by atoms with Crippen LogP contribution >= 0.6 is 0 Å². The Kier molecular flexibility index (Phi) is 9.31. The van der Waals surface area contributed by atoms with Crippen molar-refractivity contribution in [2.24, 2.45) is 0 Å². The maximum Gasteiger partial charge on any atom is 0.322 e. The van der Waals surface area contributed by atoms with E-state index in [0.717, 1.165) is 5.56 Å². The van der Waals surface area contributed by atoms with Gasteiger partial charge in [0.25, 0.3) is 10.0 Å². The Hall–Kier alpha value is -5.08. The summed E-state index contributed by atoms with van der Waals surface area (Å²) in [4.78, 5) is 27.7. The molecule has 0 bridgehead atoms. The number of nitrogens with one attached hydrogen (secondary N) is 4. The first-order chi connectivity index (χ1) is 21.3. The molecule has 0 spiro atoms. The number of hydrogen-bond donors (Lipinski definition) is 4. The minimum atomic E-state index is -4.07. The Balaban J connectivity index is 1.40. The van der Waals surface area contributed by atoms with Crippen LogP contribution < -0.4 is 20.1 Å². The van der Waals surface area contributed by atoms with Crippen LogP contribution in [0.15, 0.2) is 72.2 Å². The molecule has 2 aromatic carbocycles. The highest BCUT2D eigenvalue weighted by molar-refractivity contribution is 7.92. The minimum absolute atomic E-state index is 0.0613. The van der Waals surface area contributed by atoms with Crippen LogP contribution in [0.5, 0.6) is 5.75 Å². The van der Waals surface area contributed by atoms with Gasteiger partial charge in [-0.25, -0.2) is 18.2 Å². The average Bonchev–Trinajstić information content (AvgIpc) is 3.04. The van der Waals surface area contributed by atoms with E-state index >= 15 is 0 Å². The SMILES string of the molecule is CCOc1ccc(S(=O)(=O)Nc2cncc(-c3ccc4ncc(/C(C=N)=C/NC)nc4c3)c2)cc1NC(=O)N1CCOCC1. The van der Waals surface area contributed by atoms with Gasteiger partial charge in [-0.1, -0.05) is 6.07 Å². The molecule has 0 atom stereocenters. The van der Waals surface area contributed by atoms with Gasteiger partial charge in [0.2, 0.25) is 0 Å². The lowest BCUT2D eigenvalue weighted by Crippen LogP contribution is -2.43. The zero-order chi connectivity index (χ0) is 31.1. The Morgan fingerprint density at radius 1 is 1.07 bits per heavy atom. The van der Waals surface area contributed by atoms with Crippen LogP contribution in [-0.2, 0) is 14.8 Å². The van der Waals surface area contributed by atoms with Crippen molar-refractivity contribution in [2.75, 3.05) is 50.0 Å². The summed E-state index contributed by atoms with van der Waals surface area (Å²) in [6, 6.07) is 11.1. The van der Waals surface area contributed by atoms with Crippen molar-refractivity contribution in [3.05, 3.63) is 72.9 Å². The highest BCUT2D eigenvalue weighted by Crippen LogP contribution is 2.30. The molecule has 5 rings (SSSR count). The molecule has 13 nitrogen and oxygen atoms in total. The molecule has 14 heteroatoms. The number of urea groups is 1. The summed E-state index contributed by atoms with van der Waals surface area (Å²) in [7, 11) is -2.33. The van der Waals surface area contributed by atoms with E-state index in [-0.39, 0.29) is 22.3 Å². The van der Waals surface area contributed by atoms with Crippen LogP contribution in [0.1, 0.15) is 12.6 Å². The van der Waals surface area contributed by atoms with E-state index in [4.69, 9.17) is 14.9 Å². The van der Waals surface area contributed by atoms with Crippen molar-refractivity contribution in [3.8, 4) is 16.9 Å². The van der Waals surface area contributed by atoms with Crippen molar-refractivity contribution >= 4 is 50.3 Å². The quantitative estimate of drug-likeness (QED) is 0.192. The molecule has 4 N–H and O–H groups in total. The van der Waals surface area contributed by atoms with Gasteiger partial charge in [-0.3, -0.25) is 14.7 Å². The number of pyridine rings is 1. The van der Waals surface area contributed by atoms with Gasteiger partial charge >= 0.3 is 6.03 Å². The highest BCUT2D eigenvalue weighted by atomic mass is 32.2. The molecular weight excluding hydrogens is 584 g/mol. The van der Waals surface area contributed by atoms with Crippen LogP contribution in [0.4, 0.5) is 16.2 Å². The molecule has 0 unspecified atom stereocenters. The zero-order valence-electron chi connectivity index (χ0n) is 24.2. The Morgan fingerprint density at radius 3 is 2.64 bits per heavy atom. The smallest absolute Gasteiger partial charge is 0.322 e. The molecule has 3 heterocycles. The highest BCUT2D eigenvalue weighted by Gasteiger charge is 2.22. The number of carbonyl (C=O) groups excluding carboxylic acids is 1. The Labute approximate surface area is 254 Å². The summed E-state index contributed by atoms with van der Waals surface area (Å²) in [5, 5.41) is 13.3. The fourth-order valence-electron chi connectivity index (χ4n) is 4.56. The second-order valence-electron chi connectivity index (χ2n) is 9.68. The number of allylic oxidation sites excluding steroid dienone is 1. The summed E-state index contributed by atoms with van der Waals surface area (Å²) in [6.45, 7) is 3.87. The van der Waals surface area contributed by atoms with Gasteiger partial charge < -0.3 is 30.4 Å². The van der Waals surface area contributed by atoms with Crippen LogP contribution in [-0.4, -0.2) is 80.5 Å². The number of nitrogens with zero attached hydrogens (tertiary/aromatic N) is 4. The molecule has 0 saturated carbocycles. The summed E-state index contributed by atoms with van der Waals surface area (Å²) < 4.78 is 40.4. The number of sulfonamides is 1. The third-order valence-electron chi connectivity index (χ3n) is 6.72. The second kappa shape index (κ2) is 13.5. The lowest BCUT2D eigenvalue weighted by atomic mass is 10.1. The fraction of sp³-hybridized carbons (Fsp3) is 0.233. The van der Waals surface area contributed by atoms with E-state index in [9.17, 15) is 13.2 Å². The normalized spacial score (nSPS) is 13.8. The number of carbonyl (C=O) groups is 1. The van der Waals surface area contributed by atoms with E-state index < -0.39 is 10.0 Å². The molecule has 0 aliphatic carbocycles. The zero-order valence-corrected chi connectivity index (χ0v) is 25.0. The predicted octanol–water partition coefficient (Wildman–Crippen LogP) is 3.97. The number of amides is 2. The Bertz CT molecular complexity index is 1820. The van der Waals surface area contributed by atoms with Crippen LogP contribution in [0.25, 0.3) is 27.7 Å². The molecule has 2 aromatic heterocycles. The maximum absolute atomic E-state index is 13.4. The summed E-state index contributed by atoms with van der Waals surface area (Å²) >= 11 is 0. The minimum Gasteiger partial charge on any atom is -0.492 e. The monoisotopic (exact) mass is 616 g/mol. The number of hydrogen-bond acceptors (Lipinski definition) is 10. The number of morpholine rings is 1. The van der Waals surface area contributed by atoms with Gasteiger partial charge in [0, 0.05) is 49.9 Å². The average molecular weight is 617 g/mol. The topological polar surface area (TPSA) is 172 Å². The standard InChI is InChI=1S/C30H32N8O5S/c1-3-43-29-7-5-24(14-27(29)36-30(39)38-8-10-42-11-9-38)44(40,41)37-23-12-21(17-33-18-23)20-4-6-25-26(13-20)35-28(19-34-25)22(15-31)16-32-2/h4-7,12-19,31-32,37H,3,8-11H2,1-2H3,(H,36,39)/b22-16+,31-15?. The molecule has 1 fully saturated rings. The molecule has 1 saturated heterocycles. The molecular formula is C30H32N8O5S. The predicted molar refractivity (Wildman–Crippen MR) is 168 cm³/mol. The number of rotatable bonds is 10. The van der Waals surface area contributed by atoms with E-state index in [0.29, 0.717) is 66.5 Å². The van der Waals surface area contributed by atoms with Crippen LogP contribution in [0.2, 0.25) is 0 Å². The number of benzene rings is 2. The lowest BCUT2D eigenvalue weighted by Gasteiger charge is -2.27. The van der Waals surface area contributed by atoms with Gasteiger partial charge in [-0.2, -0.15) is 0 Å². The summed E-state index contributed by atoms with van der Waals surface area (Å²) in [5.74, 6) is 0.355. The van der Waals surface area contributed by atoms with E-state index in [1.807, 2.05) is 18.2 Å². The fourth-order valence-corrected chi connectivity index (χ4v) is 5.62. The molecule has 1 aliphatic heterocycles. The van der Waals surface area contributed by atoms with Crippen molar-refractivity contribution < 1.29 is 22.7 Å². The summed E-state index contributed by atoms with van der Waals surface area (Å²) in [6.07, 6.45) is 7.50. The number of fused-ring (bicyclic) bond motifs is 1. The van der Waals surface area contributed by atoms with Crippen molar-refractivity contribution in [1.29, 1.82) is 5.41 Å². The first kappa shape index (κ1) is 30.4. The van der Waals surface area contributed by atoms with Crippen LogP contribution in [0, 0.1) is 5.41 Å². The molecule has 228 valence electrons. The molecule has 44 heavy (non-hydrogen) atoms. The van der Waals surface area contributed by atoms with E-state index in [1.54, 1.807) is 43.5 Å². The van der Waals surface area contributed by atoms with Gasteiger partial charge in [0.15, 0.2) is 0 Å². The molecule has 1 aliphatic rings. The maximum atomic E-state index is 13.4.